The summed E-state index contributed by atoms with van der Waals surface area (Å²) in [7, 11) is 3.21. The van der Waals surface area contributed by atoms with Gasteiger partial charge in [0.05, 0.1) is 25.5 Å². The Hall–Kier alpha value is -4.12. The first-order valence-corrected chi connectivity index (χ1v) is 10.3. The lowest BCUT2D eigenvalue weighted by atomic mass is 9.98. The monoisotopic (exact) mass is 424 g/mol. The number of ether oxygens (including phenoxy) is 2. The SMILES string of the molecule is C=CCc1cc(/C=C2\C(=O)N(c3ccccc3)N=C2c2ccccc2)cc(OC)c1OC. The lowest BCUT2D eigenvalue weighted by Crippen LogP contribution is -2.21. The van der Waals surface area contributed by atoms with Crippen molar-refractivity contribution < 1.29 is 14.3 Å². The van der Waals surface area contributed by atoms with Crippen molar-refractivity contribution in [3.63, 3.8) is 0 Å². The topological polar surface area (TPSA) is 51.1 Å². The average molecular weight is 425 g/mol. The summed E-state index contributed by atoms with van der Waals surface area (Å²) >= 11 is 0. The van der Waals surface area contributed by atoms with Crippen molar-refractivity contribution >= 4 is 23.4 Å². The van der Waals surface area contributed by atoms with Crippen LogP contribution in [0.3, 0.4) is 0 Å². The zero-order valence-corrected chi connectivity index (χ0v) is 18.1. The van der Waals surface area contributed by atoms with E-state index in [1.807, 2.05) is 84.9 Å². The Bertz CT molecular complexity index is 1200. The van der Waals surface area contributed by atoms with E-state index in [1.54, 1.807) is 14.2 Å². The largest absolute Gasteiger partial charge is 0.493 e. The molecule has 5 nitrogen and oxygen atoms in total. The Morgan fingerprint density at radius 2 is 1.66 bits per heavy atom. The van der Waals surface area contributed by atoms with Gasteiger partial charge in [0.2, 0.25) is 0 Å². The molecule has 0 N–H and O–H groups in total. The van der Waals surface area contributed by atoms with Gasteiger partial charge in [0.15, 0.2) is 11.5 Å². The van der Waals surface area contributed by atoms with Gasteiger partial charge in [-0.3, -0.25) is 4.79 Å². The maximum atomic E-state index is 13.5. The van der Waals surface area contributed by atoms with E-state index >= 15 is 0 Å². The maximum Gasteiger partial charge on any atom is 0.281 e. The fourth-order valence-corrected chi connectivity index (χ4v) is 3.72. The molecule has 0 saturated heterocycles. The number of amides is 1. The summed E-state index contributed by atoms with van der Waals surface area (Å²) in [5.41, 5.74) is 4.47. The average Bonchev–Trinajstić information content (AvgIpc) is 3.16. The lowest BCUT2D eigenvalue weighted by molar-refractivity contribution is -0.114. The van der Waals surface area contributed by atoms with Crippen LogP contribution in [0, 0.1) is 0 Å². The number of hydrogen-bond donors (Lipinski definition) is 0. The Morgan fingerprint density at radius 1 is 0.969 bits per heavy atom. The van der Waals surface area contributed by atoms with Gasteiger partial charge >= 0.3 is 0 Å². The third-order valence-corrected chi connectivity index (χ3v) is 5.18. The number of hydrogen-bond acceptors (Lipinski definition) is 4. The predicted octanol–water partition coefficient (Wildman–Crippen LogP) is 5.27. The van der Waals surface area contributed by atoms with Gasteiger partial charge in [-0.05, 0) is 42.3 Å². The lowest BCUT2D eigenvalue weighted by Gasteiger charge is -2.14. The molecule has 0 saturated carbocycles. The van der Waals surface area contributed by atoms with Crippen LogP contribution in [0.15, 0.2) is 96.1 Å². The first-order chi connectivity index (χ1) is 15.7. The fraction of sp³-hybridized carbons (Fsp3) is 0.111. The van der Waals surface area contributed by atoms with Crippen LogP contribution in [-0.2, 0) is 11.2 Å². The minimum Gasteiger partial charge on any atom is -0.493 e. The molecule has 5 heteroatoms. The molecule has 3 aromatic rings. The second kappa shape index (κ2) is 9.35. The smallest absolute Gasteiger partial charge is 0.281 e. The van der Waals surface area contributed by atoms with Gasteiger partial charge < -0.3 is 9.47 Å². The molecule has 160 valence electrons. The third-order valence-electron chi connectivity index (χ3n) is 5.18. The summed E-state index contributed by atoms with van der Waals surface area (Å²) in [6.07, 6.45) is 4.27. The molecular weight excluding hydrogens is 400 g/mol. The number of allylic oxidation sites excluding steroid dienone is 1. The molecule has 0 fully saturated rings. The summed E-state index contributed by atoms with van der Waals surface area (Å²) in [5, 5.41) is 6.13. The molecule has 1 heterocycles. The van der Waals surface area contributed by atoms with Crippen molar-refractivity contribution in [2.24, 2.45) is 5.10 Å². The minimum absolute atomic E-state index is 0.185. The van der Waals surface area contributed by atoms with Crippen molar-refractivity contribution in [2.75, 3.05) is 19.2 Å². The third kappa shape index (κ3) is 4.05. The molecule has 0 aliphatic carbocycles. The number of rotatable bonds is 7. The summed E-state index contributed by atoms with van der Waals surface area (Å²) in [6.45, 7) is 3.84. The number of carbonyl (C=O) groups excluding carboxylic acids is 1. The molecule has 0 atom stereocenters. The van der Waals surface area contributed by atoms with Gasteiger partial charge in [0.25, 0.3) is 5.91 Å². The molecule has 1 aliphatic heterocycles. The number of nitrogens with zero attached hydrogens (tertiary/aromatic N) is 2. The summed E-state index contributed by atoms with van der Waals surface area (Å²) in [4.78, 5) is 13.5. The van der Waals surface area contributed by atoms with E-state index in [2.05, 4.69) is 11.7 Å². The summed E-state index contributed by atoms with van der Waals surface area (Å²) in [5.74, 6) is 1.08. The number of methoxy groups -OCH3 is 2. The number of hydrazone groups is 1. The van der Waals surface area contributed by atoms with Crippen LogP contribution >= 0.6 is 0 Å². The van der Waals surface area contributed by atoms with Crippen molar-refractivity contribution in [3.8, 4) is 11.5 Å². The zero-order valence-electron chi connectivity index (χ0n) is 18.1. The molecular formula is C27H24N2O3. The molecule has 3 aromatic carbocycles. The molecule has 0 radical (unpaired) electrons. The van der Waals surface area contributed by atoms with Crippen LogP contribution in [0.4, 0.5) is 5.69 Å². The van der Waals surface area contributed by atoms with Gasteiger partial charge in [-0.2, -0.15) is 10.1 Å². The standard InChI is InChI=1S/C27H24N2O3/c1-4-11-21-16-19(18-24(31-2)26(21)32-3)17-23-25(20-12-7-5-8-13-20)28-29(27(23)30)22-14-9-6-10-15-22/h4-10,12-18H,1,11H2,2-3H3/b23-17-. The van der Waals surface area contributed by atoms with E-state index in [-0.39, 0.29) is 5.91 Å². The molecule has 32 heavy (non-hydrogen) atoms. The molecule has 0 aromatic heterocycles. The van der Waals surface area contributed by atoms with Crippen LogP contribution in [0.1, 0.15) is 16.7 Å². The van der Waals surface area contributed by atoms with Crippen LogP contribution in [0.2, 0.25) is 0 Å². The Kier molecular flexibility index (Phi) is 6.17. The molecule has 0 bridgehead atoms. The minimum atomic E-state index is -0.185. The van der Waals surface area contributed by atoms with Crippen molar-refractivity contribution in [3.05, 3.63) is 108 Å². The van der Waals surface area contributed by atoms with E-state index in [1.165, 1.54) is 5.01 Å². The van der Waals surface area contributed by atoms with Gasteiger partial charge in [-0.1, -0.05) is 54.6 Å². The molecule has 0 spiro atoms. The van der Waals surface area contributed by atoms with Gasteiger partial charge in [0.1, 0.15) is 5.71 Å². The number of para-hydroxylation sites is 1. The quantitative estimate of drug-likeness (QED) is 0.384. The fourth-order valence-electron chi connectivity index (χ4n) is 3.72. The maximum absolute atomic E-state index is 13.5. The summed E-state index contributed by atoms with van der Waals surface area (Å²) < 4.78 is 11.1. The highest BCUT2D eigenvalue weighted by molar-refractivity contribution is 6.37. The van der Waals surface area contributed by atoms with Gasteiger partial charge in [-0.15, -0.1) is 6.58 Å². The second-order valence-electron chi connectivity index (χ2n) is 7.23. The number of benzene rings is 3. The van der Waals surface area contributed by atoms with Crippen LogP contribution in [0.5, 0.6) is 11.5 Å². The highest BCUT2D eigenvalue weighted by Gasteiger charge is 2.32. The first-order valence-electron chi connectivity index (χ1n) is 10.3. The van der Waals surface area contributed by atoms with E-state index in [4.69, 9.17) is 9.47 Å². The van der Waals surface area contributed by atoms with E-state index in [0.717, 1.165) is 16.7 Å². The number of carbonyl (C=O) groups is 1. The first kappa shape index (κ1) is 21.1. The van der Waals surface area contributed by atoms with Crippen molar-refractivity contribution in [2.45, 2.75) is 6.42 Å². The second-order valence-corrected chi connectivity index (χ2v) is 7.23. The Morgan fingerprint density at radius 3 is 2.28 bits per heavy atom. The Balaban J connectivity index is 1.85. The summed E-state index contributed by atoms with van der Waals surface area (Å²) in [6, 6.07) is 23.0. The molecule has 4 rings (SSSR count). The van der Waals surface area contributed by atoms with Gasteiger partial charge in [-0.25, -0.2) is 0 Å². The highest BCUT2D eigenvalue weighted by Crippen LogP contribution is 2.35. The van der Waals surface area contributed by atoms with Crippen LogP contribution < -0.4 is 14.5 Å². The molecule has 1 amide bonds. The van der Waals surface area contributed by atoms with E-state index in [9.17, 15) is 4.79 Å². The predicted molar refractivity (Wildman–Crippen MR) is 128 cm³/mol. The van der Waals surface area contributed by atoms with E-state index < -0.39 is 0 Å². The number of anilines is 1. The van der Waals surface area contributed by atoms with Crippen molar-refractivity contribution in [1.29, 1.82) is 0 Å². The zero-order chi connectivity index (χ0) is 22.5. The normalized spacial score (nSPS) is 14.4. The van der Waals surface area contributed by atoms with Crippen LogP contribution in [-0.4, -0.2) is 25.8 Å². The van der Waals surface area contributed by atoms with E-state index in [0.29, 0.717) is 34.9 Å². The van der Waals surface area contributed by atoms with Gasteiger partial charge in [0, 0.05) is 11.1 Å². The van der Waals surface area contributed by atoms with Crippen molar-refractivity contribution in [1.82, 2.24) is 0 Å². The molecule has 1 aliphatic rings. The Labute approximate surface area is 187 Å². The van der Waals surface area contributed by atoms with Crippen LogP contribution in [0.25, 0.3) is 6.08 Å². The molecule has 0 unspecified atom stereocenters. The highest BCUT2D eigenvalue weighted by atomic mass is 16.5.